The van der Waals surface area contributed by atoms with E-state index in [1.165, 1.54) is 9.75 Å². The first-order chi connectivity index (χ1) is 6.33. The first-order valence-corrected chi connectivity index (χ1v) is 5.40. The maximum atomic E-state index is 5.38. The largest absolute Gasteiger partial charge is 0.330 e. The average molecular weight is 193 g/mol. The van der Waals surface area contributed by atoms with Crippen molar-refractivity contribution >= 4 is 11.3 Å². The maximum absolute atomic E-state index is 5.38. The lowest BCUT2D eigenvalue weighted by molar-refractivity contribution is 0.768. The fourth-order valence-corrected chi connectivity index (χ4v) is 1.75. The molecule has 13 heavy (non-hydrogen) atoms. The van der Waals surface area contributed by atoms with Crippen LogP contribution in [0.3, 0.4) is 0 Å². The van der Waals surface area contributed by atoms with Gasteiger partial charge in [-0.15, -0.1) is 11.3 Å². The van der Waals surface area contributed by atoms with E-state index in [9.17, 15) is 0 Å². The zero-order valence-corrected chi connectivity index (χ0v) is 8.79. The summed E-state index contributed by atoms with van der Waals surface area (Å²) < 4.78 is 0. The second kappa shape index (κ2) is 5.80. The van der Waals surface area contributed by atoms with Gasteiger partial charge in [0.2, 0.25) is 0 Å². The third-order valence-corrected chi connectivity index (χ3v) is 2.62. The van der Waals surface area contributed by atoms with Crippen LogP contribution in [-0.2, 0) is 0 Å². The highest BCUT2D eigenvalue weighted by molar-refractivity contribution is 7.12. The summed E-state index contributed by atoms with van der Waals surface area (Å²) in [5.41, 5.74) is 5.38. The number of unbranched alkanes of at least 4 members (excludes halogenated alkanes) is 2. The minimum absolute atomic E-state index is 0.778. The van der Waals surface area contributed by atoms with Gasteiger partial charge in [-0.05, 0) is 38.4 Å². The molecule has 1 heterocycles. The van der Waals surface area contributed by atoms with Gasteiger partial charge in [0.05, 0.1) is 4.88 Å². The van der Waals surface area contributed by atoms with Crippen molar-refractivity contribution in [3.63, 3.8) is 0 Å². The zero-order valence-electron chi connectivity index (χ0n) is 7.97. The van der Waals surface area contributed by atoms with Gasteiger partial charge in [-0.1, -0.05) is 11.8 Å². The zero-order chi connectivity index (χ0) is 9.52. The van der Waals surface area contributed by atoms with E-state index in [0.29, 0.717) is 0 Å². The van der Waals surface area contributed by atoms with Gasteiger partial charge in [0.1, 0.15) is 0 Å². The fraction of sp³-hybridized carbons (Fsp3) is 0.455. The first-order valence-electron chi connectivity index (χ1n) is 4.58. The third-order valence-electron chi connectivity index (χ3n) is 1.71. The molecule has 0 aliphatic rings. The number of nitrogens with two attached hydrogens (primary N) is 1. The molecule has 0 amide bonds. The molecule has 70 valence electrons. The van der Waals surface area contributed by atoms with Crippen LogP contribution in [0.15, 0.2) is 12.1 Å². The van der Waals surface area contributed by atoms with Crippen LogP contribution in [0.1, 0.15) is 29.0 Å². The molecule has 0 aromatic carbocycles. The summed E-state index contributed by atoms with van der Waals surface area (Å²) in [7, 11) is 0. The van der Waals surface area contributed by atoms with Gasteiger partial charge >= 0.3 is 0 Å². The SMILES string of the molecule is Cc1ccc(C#CCCCCN)s1. The Balaban J connectivity index is 2.31. The summed E-state index contributed by atoms with van der Waals surface area (Å²) in [5.74, 6) is 6.31. The number of hydrogen-bond donors (Lipinski definition) is 1. The molecule has 1 aromatic rings. The minimum Gasteiger partial charge on any atom is -0.330 e. The molecule has 0 fully saturated rings. The first kappa shape index (κ1) is 10.3. The molecule has 2 heteroatoms. The lowest BCUT2D eigenvalue weighted by Crippen LogP contribution is -1.96. The van der Waals surface area contributed by atoms with E-state index in [1.807, 2.05) is 0 Å². The van der Waals surface area contributed by atoms with Crippen molar-refractivity contribution in [2.45, 2.75) is 26.2 Å². The molecule has 0 atom stereocenters. The summed E-state index contributed by atoms with van der Waals surface area (Å²) in [6.45, 7) is 2.88. The van der Waals surface area contributed by atoms with Gasteiger partial charge in [0, 0.05) is 11.3 Å². The second-order valence-corrected chi connectivity index (χ2v) is 4.25. The summed E-state index contributed by atoms with van der Waals surface area (Å²) in [5, 5.41) is 0. The van der Waals surface area contributed by atoms with E-state index >= 15 is 0 Å². The van der Waals surface area contributed by atoms with Crippen LogP contribution in [-0.4, -0.2) is 6.54 Å². The Morgan fingerprint density at radius 3 is 2.85 bits per heavy atom. The predicted molar refractivity (Wildman–Crippen MR) is 58.8 cm³/mol. The lowest BCUT2D eigenvalue weighted by atomic mass is 10.2. The maximum Gasteiger partial charge on any atom is 0.0771 e. The molecule has 1 rings (SSSR count). The summed E-state index contributed by atoms with van der Waals surface area (Å²) in [4.78, 5) is 2.50. The van der Waals surface area contributed by atoms with Crippen molar-refractivity contribution in [1.29, 1.82) is 0 Å². The Morgan fingerprint density at radius 2 is 2.23 bits per heavy atom. The predicted octanol–water partition coefficient (Wildman–Crippen LogP) is 2.54. The number of thiophene rings is 1. The molecule has 1 nitrogen and oxygen atoms in total. The van der Waals surface area contributed by atoms with E-state index in [1.54, 1.807) is 11.3 Å². The van der Waals surface area contributed by atoms with E-state index < -0.39 is 0 Å². The van der Waals surface area contributed by atoms with Crippen molar-refractivity contribution in [2.24, 2.45) is 5.73 Å². The third kappa shape index (κ3) is 4.12. The molecule has 0 saturated heterocycles. The van der Waals surface area contributed by atoms with Crippen LogP contribution >= 0.6 is 11.3 Å². The molecule has 0 radical (unpaired) electrons. The van der Waals surface area contributed by atoms with Crippen LogP contribution in [0.4, 0.5) is 0 Å². The topological polar surface area (TPSA) is 26.0 Å². The van der Waals surface area contributed by atoms with Crippen molar-refractivity contribution in [3.05, 3.63) is 21.9 Å². The van der Waals surface area contributed by atoms with Crippen LogP contribution in [0.25, 0.3) is 0 Å². The molecular weight excluding hydrogens is 178 g/mol. The Hall–Kier alpha value is -0.780. The quantitative estimate of drug-likeness (QED) is 0.579. The highest BCUT2D eigenvalue weighted by Crippen LogP contribution is 2.13. The van der Waals surface area contributed by atoms with Crippen LogP contribution in [0.2, 0.25) is 0 Å². The summed E-state index contributed by atoms with van der Waals surface area (Å²) >= 11 is 1.75. The lowest BCUT2D eigenvalue weighted by Gasteiger charge is -1.88. The molecule has 0 saturated carbocycles. The van der Waals surface area contributed by atoms with Crippen LogP contribution in [0.5, 0.6) is 0 Å². The Kier molecular flexibility index (Phi) is 4.59. The van der Waals surface area contributed by atoms with Crippen LogP contribution in [0, 0.1) is 18.8 Å². The smallest absolute Gasteiger partial charge is 0.0771 e. The average Bonchev–Trinajstić information content (AvgIpc) is 2.51. The van der Waals surface area contributed by atoms with Gasteiger partial charge in [0.15, 0.2) is 0 Å². The van der Waals surface area contributed by atoms with Gasteiger partial charge in [-0.3, -0.25) is 0 Å². The molecule has 0 aliphatic carbocycles. The molecule has 1 aromatic heterocycles. The molecule has 2 N–H and O–H groups in total. The normalized spacial score (nSPS) is 9.38. The van der Waals surface area contributed by atoms with Crippen molar-refractivity contribution in [2.75, 3.05) is 6.54 Å². The van der Waals surface area contributed by atoms with Crippen LogP contribution < -0.4 is 5.73 Å². The molecule has 0 bridgehead atoms. The van der Waals surface area contributed by atoms with E-state index in [4.69, 9.17) is 5.73 Å². The van der Waals surface area contributed by atoms with E-state index in [-0.39, 0.29) is 0 Å². The standard InChI is InChI=1S/C11H15NS/c1-10-7-8-11(13-10)6-4-2-3-5-9-12/h7-8H,2-3,5,9,12H2,1H3. The van der Waals surface area contributed by atoms with E-state index in [0.717, 1.165) is 25.8 Å². The fourth-order valence-electron chi connectivity index (χ4n) is 1.01. The highest BCUT2D eigenvalue weighted by atomic mass is 32.1. The number of rotatable bonds is 3. The summed E-state index contributed by atoms with van der Waals surface area (Å²) in [6.07, 6.45) is 3.17. The Labute approximate surface area is 84.0 Å². The number of hydrogen-bond acceptors (Lipinski definition) is 2. The monoisotopic (exact) mass is 193 g/mol. The van der Waals surface area contributed by atoms with Gasteiger partial charge in [-0.2, -0.15) is 0 Å². The van der Waals surface area contributed by atoms with Crippen molar-refractivity contribution in [1.82, 2.24) is 0 Å². The molecule has 0 unspecified atom stereocenters. The molecule has 0 spiro atoms. The highest BCUT2D eigenvalue weighted by Gasteiger charge is 1.89. The molecule has 0 aliphatic heterocycles. The Bertz CT molecular complexity index is 303. The summed E-state index contributed by atoms with van der Waals surface area (Å²) in [6, 6.07) is 4.19. The van der Waals surface area contributed by atoms with E-state index in [2.05, 4.69) is 30.9 Å². The van der Waals surface area contributed by atoms with Crippen molar-refractivity contribution in [3.8, 4) is 11.8 Å². The number of aryl methyl sites for hydroxylation is 1. The van der Waals surface area contributed by atoms with Gasteiger partial charge in [0.25, 0.3) is 0 Å². The Morgan fingerprint density at radius 1 is 1.38 bits per heavy atom. The van der Waals surface area contributed by atoms with Gasteiger partial charge in [-0.25, -0.2) is 0 Å². The van der Waals surface area contributed by atoms with Crippen molar-refractivity contribution < 1.29 is 0 Å². The minimum atomic E-state index is 0.778. The molecular formula is C11H15NS. The van der Waals surface area contributed by atoms with Gasteiger partial charge < -0.3 is 5.73 Å². The second-order valence-electron chi connectivity index (χ2n) is 2.96.